The number of piperidine rings is 1. The number of aromatic nitrogens is 2. The predicted molar refractivity (Wildman–Crippen MR) is 141 cm³/mol. The molecule has 4 bridgehead atoms. The van der Waals surface area contributed by atoms with E-state index < -0.39 is 5.97 Å². The molecule has 192 valence electrons. The standard InChI is InChI=1S/C29H38N4O3/c1-2-30-27(29(35)36)26-28(34)33(25-10-6-5-9-24(25)31-26)23-16-20-11-12-21(17-23)32(20)22-14-18-7-3-4-8-19(13-18)15-22/h5-6,9-10,18-23H,2-4,7-8,11-17H2,1H3,(H,35,36)/b30-27-/t18-,19+,20-,21+,22?,23+. The van der Waals surface area contributed by atoms with Gasteiger partial charge in [0.25, 0.3) is 5.56 Å². The Morgan fingerprint density at radius 2 is 1.61 bits per heavy atom. The molecule has 2 saturated carbocycles. The fourth-order valence-corrected chi connectivity index (χ4v) is 8.17. The Balaban J connectivity index is 1.34. The van der Waals surface area contributed by atoms with E-state index >= 15 is 0 Å². The van der Waals surface area contributed by atoms with E-state index in [1.165, 1.54) is 57.8 Å². The molecule has 3 heterocycles. The van der Waals surface area contributed by atoms with Crippen molar-refractivity contribution in [3.05, 3.63) is 40.3 Å². The Hall–Kier alpha value is -2.54. The summed E-state index contributed by atoms with van der Waals surface area (Å²) in [5.41, 5.74) is 0.878. The summed E-state index contributed by atoms with van der Waals surface area (Å²) in [6.07, 6.45) is 14.1. The van der Waals surface area contributed by atoms with Crippen LogP contribution in [0.1, 0.15) is 89.3 Å². The molecule has 7 nitrogen and oxygen atoms in total. The van der Waals surface area contributed by atoms with Gasteiger partial charge in [0, 0.05) is 30.7 Å². The van der Waals surface area contributed by atoms with Crippen LogP contribution in [0.25, 0.3) is 11.0 Å². The van der Waals surface area contributed by atoms with Crippen molar-refractivity contribution in [2.45, 2.75) is 102 Å². The average molecular weight is 491 g/mol. The van der Waals surface area contributed by atoms with Crippen molar-refractivity contribution in [2.75, 3.05) is 6.54 Å². The molecule has 2 aliphatic carbocycles. The smallest absolute Gasteiger partial charge is 0.356 e. The number of rotatable bonds is 5. The molecule has 7 heteroatoms. The third-order valence-corrected chi connectivity index (χ3v) is 9.44. The van der Waals surface area contributed by atoms with Crippen molar-refractivity contribution < 1.29 is 9.90 Å². The normalized spacial score (nSPS) is 33.0. The Morgan fingerprint density at radius 1 is 0.944 bits per heavy atom. The second-order valence-corrected chi connectivity index (χ2v) is 11.6. The number of nitrogens with zero attached hydrogens (tertiary/aromatic N) is 4. The van der Waals surface area contributed by atoms with Gasteiger partial charge in [-0.15, -0.1) is 0 Å². The lowest BCUT2D eigenvalue weighted by Crippen LogP contribution is -2.52. The summed E-state index contributed by atoms with van der Waals surface area (Å²) in [5.74, 6) is 0.599. The van der Waals surface area contributed by atoms with Crippen LogP contribution in [0.3, 0.4) is 0 Å². The van der Waals surface area contributed by atoms with E-state index in [4.69, 9.17) is 0 Å². The molecule has 1 unspecified atom stereocenters. The lowest BCUT2D eigenvalue weighted by molar-refractivity contribution is -0.129. The Bertz CT molecular complexity index is 1210. The van der Waals surface area contributed by atoms with Crippen LogP contribution in [0.5, 0.6) is 0 Å². The molecular formula is C29H38N4O3. The molecule has 36 heavy (non-hydrogen) atoms. The highest BCUT2D eigenvalue weighted by molar-refractivity contribution is 6.42. The Labute approximate surface area is 212 Å². The van der Waals surface area contributed by atoms with Gasteiger partial charge in [0.15, 0.2) is 11.4 Å². The molecule has 0 radical (unpaired) electrons. The molecule has 1 N–H and O–H groups in total. The van der Waals surface area contributed by atoms with E-state index in [0.29, 0.717) is 30.2 Å². The highest BCUT2D eigenvalue weighted by Crippen LogP contribution is 2.47. The third-order valence-electron chi connectivity index (χ3n) is 9.44. The lowest BCUT2D eigenvalue weighted by Gasteiger charge is -2.48. The van der Waals surface area contributed by atoms with Crippen molar-refractivity contribution in [1.29, 1.82) is 0 Å². The summed E-state index contributed by atoms with van der Waals surface area (Å²) < 4.78 is 1.87. The van der Waals surface area contributed by atoms with Crippen molar-refractivity contribution in [2.24, 2.45) is 16.8 Å². The second kappa shape index (κ2) is 9.73. The molecule has 4 fully saturated rings. The van der Waals surface area contributed by atoms with Gasteiger partial charge >= 0.3 is 5.97 Å². The molecule has 2 aliphatic heterocycles. The van der Waals surface area contributed by atoms with Gasteiger partial charge in [-0.3, -0.25) is 14.7 Å². The zero-order chi connectivity index (χ0) is 24.8. The third kappa shape index (κ3) is 4.19. The summed E-state index contributed by atoms with van der Waals surface area (Å²) in [5, 5.41) is 9.79. The number of aliphatic imine (C=N–C) groups is 1. The molecule has 0 amide bonds. The second-order valence-electron chi connectivity index (χ2n) is 11.6. The van der Waals surface area contributed by atoms with Gasteiger partial charge in [0.05, 0.1) is 11.0 Å². The van der Waals surface area contributed by atoms with Crippen LogP contribution >= 0.6 is 0 Å². The number of hydrogen-bond acceptors (Lipinski definition) is 5. The number of hydrogen-bond donors (Lipinski definition) is 1. The SMILES string of the molecule is CC/N=C(\C(=O)O)c1nc2ccccc2n([C@H]2C[C@H]3CC[C@@H](C2)N3C2C[C@H]3CCCC[C@@H](C2)C3)c1=O. The van der Waals surface area contributed by atoms with E-state index in [-0.39, 0.29) is 23.0 Å². The molecule has 2 saturated heterocycles. The fourth-order valence-electron chi connectivity index (χ4n) is 8.17. The fraction of sp³-hybridized carbons (Fsp3) is 0.655. The molecule has 1 aromatic carbocycles. The molecule has 6 rings (SSSR count). The lowest BCUT2D eigenvalue weighted by atomic mass is 9.76. The first kappa shape index (κ1) is 23.8. The van der Waals surface area contributed by atoms with Gasteiger partial charge in [0.2, 0.25) is 0 Å². The van der Waals surface area contributed by atoms with Crippen molar-refractivity contribution in [3.63, 3.8) is 0 Å². The summed E-state index contributed by atoms with van der Waals surface area (Å²) in [6, 6.07) is 9.40. The van der Waals surface area contributed by atoms with E-state index in [1.54, 1.807) is 6.92 Å². The molecule has 6 atom stereocenters. The van der Waals surface area contributed by atoms with Gasteiger partial charge in [0.1, 0.15) is 0 Å². The van der Waals surface area contributed by atoms with Crippen LogP contribution in [0.2, 0.25) is 0 Å². The van der Waals surface area contributed by atoms with Crippen LogP contribution in [0.4, 0.5) is 0 Å². The minimum Gasteiger partial charge on any atom is -0.476 e. The Kier molecular flexibility index (Phi) is 6.44. The summed E-state index contributed by atoms with van der Waals surface area (Å²) in [6.45, 7) is 2.07. The molecule has 2 aromatic rings. The topological polar surface area (TPSA) is 87.8 Å². The quantitative estimate of drug-likeness (QED) is 0.608. The first-order valence-corrected chi connectivity index (χ1v) is 14.1. The maximum atomic E-state index is 13.8. The van der Waals surface area contributed by atoms with Crippen LogP contribution in [-0.2, 0) is 4.79 Å². The number of benzene rings is 1. The zero-order valence-electron chi connectivity index (χ0n) is 21.3. The number of carboxylic acids is 1. The maximum Gasteiger partial charge on any atom is 0.356 e. The Morgan fingerprint density at radius 3 is 2.25 bits per heavy atom. The first-order chi connectivity index (χ1) is 17.5. The summed E-state index contributed by atoms with van der Waals surface area (Å²) >= 11 is 0. The number of carbonyl (C=O) groups is 1. The molecule has 4 aliphatic rings. The number of carboxylic acid groups (broad SMARTS) is 1. The van der Waals surface area contributed by atoms with Crippen LogP contribution in [-0.4, -0.2) is 55.9 Å². The van der Waals surface area contributed by atoms with Crippen molar-refractivity contribution >= 4 is 22.7 Å². The number of para-hydroxylation sites is 2. The van der Waals surface area contributed by atoms with Gasteiger partial charge in [-0.25, -0.2) is 9.78 Å². The molecule has 1 aromatic heterocycles. The molecular weight excluding hydrogens is 452 g/mol. The maximum absolute atomic E-state index is 13.8. The summed E-state index contributed by atoms with van der Waals surface area (Å²) in [7, 11) is 0. The van der Waals surface area contributed by atoms with E-state index in [2.05, 4.69) is 14.9 Å². The number of aliphatic carboxylic acids is 1. The van der Waals surface area contributed by atoms with E-state index in [9.17, 15) is 14.7 Å². The van der Waals surface area contributed by atoms with E-state index in [0.717, 1.165) is 30.2 Å². The minimum absolute atomic E-state index is 0.0332. The van der Waals surface area contributed by atoms with Gasteiger partial charge in [-0.05, 0) is 75.8 Å². The highest BCUT2D eigenvalue weighted by atomic mass is 16.4. The van der Waals surface area contributed by atoms with Crippen molar-refractivity contribution in [3.8, 4) is 0 Å². The number of fused-ring (bicyclic) bond motifs is 5. The van der Waals surface area contributed by atoms with Crippen LogP contribution in [0, 0.1) is 11.8 Å². The van der Waals surface area contributed by atoms with Gasteiger partial charge in [-0.1, -0.05) is 37.8 Å². The minimum atomic E-state index is -1.20. The van der Waals surface area contributed by atoms with Gasteiger partial charge < -0.3 is 9.67 Å². The average Bonchev–Trinajstić information content (AvgIpc) is 3.02. The zero-order valence-corrected chi connectivity index (χ0v) is 21.3. The van der Waals surface area contributed by atoms with Crippen LogP contribution in [0.15, 0.2) is 34.1 Å². The predicted octanol–water partition coefficient (Wildman–Crippen LogP) is 4.82. The largest absolute Gasteiger partial charge is 0.476 e. The highest BCUT2D eigenvalue weighted by Gasteiger charge is 2.47. The molecule has 0 spiro atoms. The van der Waals surface area contributed by atoms with Crippen molar-refractivity contribution in [1.82, 2.24) is 14.5 Å². The monoisotopic (exact) mass is 490 g/mol. The van der Waals surface area contributed by atoms with E-state index in [1.807, 2.05) is 28.8 Å². The van der Waals surface area contributed by atoms with Gasteiger partial charge in [-0.2, -0.15) is 0 Å². The first-order valence-electron chi connectivity index (χ1n) is 14.1. The summed E-state index contributed by atoms with van der Waals surface area (Å²) in [4.78, 5) is 37.3. The van der Waals surface area contributed by atoms with Crippen LogP contribution < -0.4 is 5.56 Å².